The minimum absolute atomic E-state index is 0.169. The number of anilines is 1. The summed E-state index contributed by atoms with van der Waals surface area (Å²) in [6.45, 7) is 5.27. The Balaban J connectivity index is 3.05. The molecule has 4 nitrogen and oxygen atoms in total. The molecule has 0 aliphatic rings. The summed E-state index contributed by atoms with van der Waals surface area (Å²) in [6.07, 6.45) is 0. The monoisotopic (exact) mass is 255 g/mol. The van der Waals surface area contributed by atoms with Crippen LogP contribution >= 0.6 is 0 Å². The number of hydrogen-bond donors (Lipinski definition) is 1. The first-order valence-corrected chi connectivity index (χ1v) is 5.70. The Labute approximate surface area is 106 Å². The lowest BCUT2D eigenvalue weighted by molar-refractivity contribution is -0.142. The predicted octanol–water partition coefficient (Wildman–Crippen LogP) is 2.52. The molecule has 5 heteroatoms. The van der Waals surface area contributed by atoms with E-state index in [2.05, 4.69) is 0 Å². The molecule has 0 heterocycles. The number of carbonyl (C=O) groups is 1. The van der Waals surface area contributed by atoms with Crippen molar-refractivity contribution in [1.29, 1.82) is 0 Å². The first kappa shape index (κ1) is 14.3. The van der Waals surface area contributed by atoms with Crippen molar-refractivity contribution < 1.29 is 19.0 Å². The number of likely N-dealkylation sites (N-methyl/N-ethyl adjacent to an activating group) is 1. The van der Waals surface area contributed by atoms with Gasteiger partial charge < -0.3 is 14.7 Å². The molecule has 0 aliphatic carbocycles. The van der Waals surface area contributed by atoms with Gasteiger partial charge in [-0.1, -0.05) is 0 Å². The third-order valence-corrected chi connectivity index (χ3v) is 2.96. The van der Waals surface area contributed by atoms with Crippen LogP contribution in [0.4, 0.5) is 10.1 Å². The summed E-state index contributed by atoms with van der Waals surface area (Å²) in [7, 11) is 1.61. The highest BCUT2D eigenvalue weighted by atomic mass is 19.1. The molecule has 0 radical (unpaired) electrons. The summed E-state index contributed by atoms with van der Waals surface area (Å²) in [4.78, 5) is 12.6. The van der Waals surface area contributed by atoms with Gasteiger partial charge in [-0.25, -0.2) is 9.18 Å². The van der Waals surface area contributed by atoms with Crippen LogP contribution in [0.5, 0.6) is 5.75 Å². The summed E-state index contributed by atoms with van der Waals surface area (Å²) in [6, 6.07) is 4.41. The number of benzene rings is 1. The van der Waals surface area contributed by atoms with Gasteiger partial charge in [-0.05, 0) is 32.9 Å². The molecule has 1 aromatic rings. The van der Waals surface area contributed by atoms with Crippen LogP contribution in [0.25, 0.3) is 0 Å². The molecule has 0 saturated heterocycles. The van der Waals surface area contributed by atoms with Gasteiger partial charge in [0.1, 0.15) is 5.54 Å². The van der Waals surface area contributed by atoms with Crippen molar-refractivity contribution in [2.75, 3.05) is 18.6 Å². The van der Waals surface area contributed by atoms with Crippen molar-refractivity contribution in [1.82, 2.24) is 0 Å². The van der Waals surface area contributed by atoms with Gasteiger partial charge >= 0.3 is 5.97 Å². The minimum atomic E-state index is -1.11. The van der Waals surface area contributed by atoms with Gasteiger partial charge in [-0.2, -0.15) is 0 Å². The number of aliphatic carboxylic acids is 1. The fourth-order valence-corrected chi connectivity index (χ4v) is 1.44. The van der Waals surface area contributed by atoms with Crippen LogP contribution in [0.2, 0.25) is 0 Å². The van der Waals surface area contributed by atoms with Crippen LogP contribution in [-0.2, 0) is 4.79 Å². The summed E-state index contributed by atoms with van der Waals surface area (Å²) < 4.78 is 18.8. The van der Waals surface area contributed by atoms with Crippen LogP contribution in [0.15, 0.2) is 18.2 Å². The Bertz CT molecular complexity index is 446. The van der Waals surface area contributed by atoms with E-state index in [1.54, 1.807) is 33.9 Å². The third-order valence-electron chi connectivity index (χ3n) is 2.96. The second kappa shape index (κ2) is 5.25. The fraction of sp³-hybridized carbons (Fsp3) is 0.462. The summed E-state index contributed by atoms with van der Waals surface area (Å²) >= 11 is 0. The lowest BCUT2D eigenvalue weighted by Crippen LogP contribution is -2.48. The molecule has 0 bridgehead atoms. The highest BCUT2D eigenvalue weighted by molar-refractivity contribution is 5.82. The van der Waals surface area contributed by atoms with Crippen LogP contribution in [0.1, 0.15) is 20.8 Å². The molecule has 0 fully saturated rings. The molecule has 0 aromatic heterocycles. The zero-order chi connectivity index (χ0) is 13.9. The smallest absolute Gasteiger partial charge is 0.328 e. The maximum atomic E-state index is 13.7. The Morgan fingerprint density at radius 2 is 2.11 bits per heavy atom. The van der Waals surface area contributed by atoms with Crippen molar-refractivity contribution in [3.8, 4) is 5.75 Å². The van der Waals surface area contributed by atoms with Gasteiger partial charge in [0.25, 0.3) is 0 Å². The zero-order valence-electron chi connectivity index (χ0n) is 11.0. The second-order valence-electron chi connectivity index (χ2n) is 4.47. The van der Waals surface area contributed by atoms with Crippen LogP contribution < -0.4 is 9.64 Å². The van der Waals surface area contributed by atoms with Crippen LogP contribution in [0, 0.1) is 5.82 Å². The summed E-state index contributed by atoms with van der Waals surface area (Å²) in [5.74, 6) is -1.30. The number of carboxylic acid groups (broad SMARTS) is 1. The first-order chi connectivity index (χ1) is 8.30. The molecule has 1 rings (SSSR count). The summed E-state index contributed by atoms with van der Waals surface area (Å²) in [5, 5.41) is 9.12. The van der Waals surface area contributed by atoms with Crippen molar-refractivity contribution >= 4 is 11.7 Å². The maximum Gasteiger partial charge on any atom is 0.328 e. The normalized spacial score (nSPS) is 11.2. The lowest BCUT2D eigenvalue weighted by atomic mass is 10.0. The highest BCUT2D eigenvalue weighted by Gasteiger charge is 2.32. The van der Waals surface area contributed by atoms with Gasteiger partial charge in [0, 0.05) is 18.8 Å². The molecule has 0 spiro atoms. The van der Waals surface area contributed by atoms with E-state index in [0.29, 0.717) is 12.3 Å². The second-order valence-corrected chi connectivity index (χ2v) is 4.47. The van der Waals surface area contributed by atoms with E-state index in [1.165, 1.54) is 17.0 Å². The average Bonchev–Trinajstić information content (AvgIpc) is 2.30. The van der Waals surface area contributed by atoms with E-state index >= 15 is 0 Å². The Morgan fingerprint density at radius 1 is 1.50 bits per heavy atom. The molecular formula is C13H18FNO3. The standard InChI is InChI=1S/C13H18FNO3/c1-5-18-11-7-6-9(8-10(11)14)15(4)13(2,3)12(16)17/h6-8H,5H2,1-4H3,(H,16,17). The van der Waals surface area contributed by atoms with Crippen LogP contribution in [-0.4, -0.2) is 30.3 Å². The topological polar surface area (TPSA) is 49.8 Å². The molecule has 0 atom stereocenters. The van der Waals surface area contributed by atoms with E-state index < -0.39 is 17.3 Å². The lowest BCUT2D eigenvalue weighted by Gasteiger charge is -2.33. The van der Waals surface area contributed by atoms with Crippen molar-refractivity contribution in [2.45, 2.75) is 26.3 Å². The van der Waals surface area contributed by atoms with E-state index in [-0.39, 0.29) is 5.75 Å². The minimum Gasteiger partial charge on any atom is -0.491 e. The maximum absolute atomic E-state index is 13.7. The van der Waals surface area contributed by atoms with Gasteiger partial charge in [-0.15, -0.1) is 0 Å². The molecule has 0 amide bonds. The Hall–Kier alpha value is -1.78. The number of halogens is 1. The van der Waals surface area contributed by atoms with Crippen molar-refractivity contribution in [2.24, 2.45) is 0 Å². The van der Waals surface area contributed by atoms with E-state index in [0.717, 1.165) is 0 Å². The molecule has 1 aromatic carbocycles. The number of nitrogens with zero attached hydrogens (tertiary/aromatic N) is 1. The predicted molar refractivity (Wildman–Crippen MR) is 67.7 cm³/mol. The Morgan fingerprint density at radius 3 is 2.56 bits per heavy atom. The molecule has 100 valence electrons. The first-order valence-electron chi connectivity index (χ1n) is 5.70. The van der Waals surface area contributed by atoms with Crippen molar-refractivity contribution in [3.63, 3.8) is 0 Å². The quantitative estimate of drug-likeness (QED) is 0.878. The van der Waals surface area contributed by atoms with E-state index in [4.69, 9.17) is 9.84 Å². The third kappa shape index (κ3) is 2.72. The van der Waals surface area contributed by atoms with E-state index in [9.17, 15) is 9.18 Å². The van der Waals surface area contributed by atoms with E-state index in [1.807, 2.05) is 0 Å². The molecular weight excluding hydrogens is 237 g/mol. The highest BCUT2D eigenvalue weighted by Crippen LogP contribution is 2.27. The zero-order valence-corrected chi connectivity index (χ0v) is 11.0. The van der Waals surface area contributed by atoms with Gasteiger partial charge in [-0.3, -0.25) is 0 Å². The Kier molecular flexibility index (Phi) is 4.16. The molecule has 1 N–H and O–H groups in total. The van der Waals surface area contributed by atoms with Crippen LogP contribution in [0.3, 0.4) is 0 Å². The number of rotatable bonds is 5. The van der Waals surface area contributed by atoms with Gasteiger partial charge in [0.15, 0.2) is 11.6 Å². The average molecular weight is 255 g/mol. The summed E-state index contributed by atoms with van der Waals surface area (Å²) in [5.41, 5.74) is -0.622. The number of carboxylic acids is 1. The molecule has 0 saturated carbocycles. The van der Waals surface area contributed by atoms with Gasteiger partial charge in [0.05, 0.1) is 6.61 Å². The fourth-order valence-electron chi connectivity index (χ4n) is 1.44. The number of hydrogen-bond acceptors (Lipinski definition) is 3. The molecule has 18 heavy (non-hydrogen) atoms. The number of ether oxygens (including phenoxy) is 1. The largest absolute Gasteiger partial charge is 0.491 e. The van der Waals surface area contributed by atoms with Crippen molar-refractivity contribution in [3.05, 3.63) is 24.0 Å². The van der Waals surface area contributed by atoms with Gasteiger partial charge in [0.2, 0.25) is 0 Å². The SMILES string of the molecule is CCOc1ccc(N(C)C(C)(C)C(=O)O)cc1F. The molecule has 0 unspecified atom stereocenters. The molecule has 0 aliphatic heterocycles.